The lowest BCUT2D eigenvalue weighted by atomic mass is 10.1. The minimum atomic E-state index is 0.198. The van der Waals surface area contributed by atoms with Crippen molar-refractivity contribution in [2.45, 2.75) is 25.0 Å². The molecule has 2 atom stereocenters. The first-order valence-corrected chi connectivity index (χ1v) is 7.16. The average molecular weight is 310 g/mol. The van der Waals surface area contributed by atoms with E-state index in [4.69, 9.17) is 4.74 Å². The quantitative estimate of drug-likeness (QED) is 0.804. The van der Waals surface area contributed by atoms with Crippen LogP contribution in [-0.4, -0.2) is 42.5 Å². The van der Waals surface area contributed by atoms with Crippen LogP contribution in [0.15, 0.2) is 28.7 Å². The van der Waals surface area contributed by atoms with Crippen LogP contribution in [0.3, 0.4) is 0 Å². The zero-order valence-corrected chi connectivity index (χ0v) is 11.7. The molecule has 3 rings (SSSR count). The van der Waals surface area contributed by atoms with E-state index in [0.717, 1.165) is 36.0 Å². The van der Waals surface area contributed by atoms with Gasteiger partial charge in [0.2, 0.25) is 0 Å². The van der Waals surface area contributed by atoms with Crippen LogP contribution < -0.4 is 0 Å². The Morgan fingerprint density at radius 2 is 1.83 bits per heavy atom. The molecule has 0 aromatic heterocycles. The van der Waals surface area contributed by atoms with E-state index < -0.39 is 0 Å². The van der Waals surface area contributed by atoms with Gasteiger partial charge in [-0.1, -0.05) is 28.1 Å². The van der Waals surface area contributed by atoms with E-state index in [1.165, 1.54) is 0 Å². The molecule has 2 unspecified atom stereocenters. The van der Waals surface area contributed by atoms with Gasteiger partial charge in [0, 0.05) is 23.1 Å². The van der Waals surface area contributed by atoms with Gasteiger partial charge in [0.15, 0.2) is 5.78 Å². The standard InChI is InChI=1S/C14H16BrNO2/c15-11-3-1-10(2-4-11)14(17)9-16-7-12-5-6-13(8-16)18-12/h1-4,12-13H,5-9H2. The van der Waals surface area contributed by atoms with Gasteiger partial charge in [-0.05, 0) is 25.0 Å². The van der Waals surface area contributed by atoms with E-state index in [1.807, 2.05) is 24.3 Å². The summed E-state index contributed by atoms with van der Waals surface area (Å²) < 4.78 is 6.77. The number of nitrogens with zero attached hydrogens (tertiary/aromatic N) is 1. The van der Waals surface area contributed by atoms with E-state index in [-0.39, 0.29) is 5.78 Å². The molecule has 3 nitrogen and oxygen atoms in total. The molecule has 4 heteroatoms. The molecule has 2 saturated heterocycles. The van der Waals surface area contributed by atoms with Crippen molar-refractivity contribution >= 4 is 21.7 Å². The molecule has 2 bridgehead atoms. The Balaban J connectivity index is 1.62. The lowest BCUT2D eigenvalue weighted by molar-refractivity contribution is -0.0355. The van der Waals surface area contributed by atoms with E-state index in [0.29, 0.717) is 18.8 Å². The molecule has 1 aromatic rings. The number of carbonyl (C=O) groups excluding carboxylic acids is 1. The van der Waals surface area contributed by atoms with Gasteiger partial charge in [0.05, 0.1) is 18.8 Å². The van der Waals surface area contributed by atoms with Crippen LogP contribution in [0.25, 0.3) is 0 Å². The molecule has 1 aromatic carbocycles. The molecule has 0 saturated carbocycles. The van der Waals surface area contributed by atoms with Crippen LogP contribution in [0, 0.1) is 0 Å². The summed E-state index contributed by atoms with van der Waals surface area (Å²) in [6.45, 7) is 2.32. The number of benzene rings is 1. The zero-order valence-electron chi connectivity index (χ0n) is 10.1. The number of Topliss-reactive ketones (excluding diaryl/α,β-unsaturated/α-hetero) is 1. The average Bonchev–Trinajstić information content (AvgIpc) is 2.69. The molecule has 96 valence electrons. The summed E-state index contributed by atoms with van der Waals surface area (Å²) in [7, 11) is 0. The minimum absolute atomic E-state index is 0.198. The van der Waals surface area contributed by atoms with Gasteiger partial charge in [-0.3, -0.25) is 9.69 Å². The van der Waals surface area contributed by atoms with Crippen LogP contribution in [0.4, 0.5) is 0 Å². The molecule has 2 aliphatic heterocycles. The van der Waals surface area contributed by atoms with Gasteiger partial charge in [0.25, 0.3) is 0 Å². The molecule has 2 fully saturated rings. The smallest absolute Gasteiger partial charge is 0.176 e. The number of fused-ring (bicyclic) bond motifs is 2. The molecule has 2 heterocycles. The molecule has 2 aliphatic rings. The molecular formula is C14H16BrNO2. The number of rotatable bonds is 3. The van der Waals surface area contributed by atoms with Crippen LogP contribution in [0.5, 0.6) is 0 Å². The Labute approximate surface area is 115 Å². The first kappa shape index (κ1) is 12.3. The van der Waals surface area contributed by atoms with Crippen molar-refractivity contribution in [2.24, 2.45) is 0 Å². The van der Waals surface area contributed by atoms with E-state index in [1.54, 1.807) is 0 Å². The van der Waals surface area contributed by atoms with Gasteiger partial charge in [-0.2, -0.15) is 0 Å². The second kappa shape index (κ2) is 5.11. The molecule has 0 spiro atoms. The van der Waals surface area contributed by atoms with Crippen LogP contribution in [0.1, 0.15) is 23.2 Å². The van der Waals surface area contributed by atoms with Crippen LogP contribution in [-0.2, 0) is 4.74 Å². The van der Waals surface area contributed by atoms with Crippen molar-refractivity contribution in [3.8, 4) is 0 Å². The number of hydrogen-bond acceptors (Lipinski definition) is 3. The number of carbonyl (C=O) groups is 1. The summed E-state index contributed by atoms with van der Waals surface area (Å²) >= 11 is 3.38. The topological polar surface area (TPSA) is 29.5 Å². The summed E-state index contributed by atoms with van der Waals surface area (Å²) in [4.78, 5) is 14.4. The maximum atomic E-state index is 12.2. The third kappa shape index (κ3) is 2.66. The van der Waals surface area contributed by atoms with Crippen molar-refractivity contribution < 1.29 is 9.53 Å². The second-order valence-electron chi connectivity index (χ2n) is 5.08. The molecule has 18 heavy (non-hydrogen) atoms. The highest BCUT2D eigenvalue weighted by atomic mass is 79.9. The fourth-order valence-corrected chi connectivity index (χ4v) is 3.02. The summed E-state index contributed by atoms with van der Waals surface area (Å²) in [5, 5.41) is 0. The Hall–Kier alpha value is -0.710. The van der Waals surface area contributed by atoms with E-state index >= 15 is 0 Å². The Kier molecular flexibility index (Phi) is 3.50. The maximum absolute atomic E-state index is 12.2. The Morgan fingerprint density at radius 3 is 2.44 bits per heavy atom. The molecule has 0 amide bonds. The Bertz CT molecular complexity index is 434. The van der Waals surface area contributed by atoms with Crippen molar-refractivity contribution in [1.82, 2.24) is 4.90 Å². The van der Waals surface area contributed by atoms with Crippen molar-refractivity contribution in [3.63, 3.8) is 0 Å². The van der Waals surface area contributed by atoms with Gasteiger partial charge < -0.3 is 4.74 Å². The zero-order chi connectivity index (χ0) is 12.5. The maximum Gasteiger partial charge on any atom is 0.176 e. The van der Waals surface area contributed by atoms with Crippen LogP contribution >= 0.6 is 15.9 Å². The van der Waals surface area contributed by atoms with Crippen molar-refractivity contribution in [2.75, 3.05) is 19.6 Å². The first-order valence-electron chi connectivity index (χ1n) is 6.37. The predicted molar refractivity (Wildman–Crippen MR) is 72.8 cm³/mol. The van der Waals surface area contributed by atoms with Gasteiger partial charge in [0.1, 0.15) is 0 Å². The second-order valence-corrected chi connectivity index (χ2v) is 6.00. The highest BCUT2D eigenvalue weighted by Gasteiger charge is 2.34. The Morgan fingerprint density at radius 1 is 1.22 bits per heavy atom. The summed E-state index contributed by atoms with van der Waals surface area (Å²) in [6, 6.07) is 7.58. The van der Waals surface area contributed by atoms with Gasteiger partial charge in [-0.15, -0.1) is 0 Å². The summed E-state index contributed by atoms with van der Waals surface area (Å²) in [6.07, 6.45) is 2.99. The summed E-state index contributed by atoms with van der Waals surface area (Å²) in [5.41, 5.74) is 0.789. The number of ether oxygens (including phenoxy) is 1. The number of halogens is 1. The first-order chi connectivity index (χ1) is 8.70. The normalized spacial score (nSPS) is 27.4. The number of morpholine rings is 1. The SMILES string of the molecule is O=C(CN1CC2CCC(C1)O2)c1ccc(Br)cc1. The molecule has 0 radical (unpaired) electrons. The third-order valence-corrected chi connectivity index (χ3v) is 4.18. The summed E-state index contributed by atoms with van der Waals surface area (Å²) in [5.74, 6) is 0.198. The predicted octanol–water partition coefficient (Wildman–Crippen LogP) is 2.50. The highest BCUT2D eigenvalue weighted by molar-refractivity contribution is 9.10. The molecule has 0 aliphatic carbocycles. The highest BCUT2D eigenvalue weighted by Crippen LogP contribution is 2.26. The third-order valence-electron chi connectivity index (χ3n) is 3.65. The number of hydrogen-bond donors (Lipinski definition) is 0. The molecular weight excluding hydrogens is 294 g/mol. The lowest BCUT2D eigenvalue weighted by Gasteiger charge is -2.31. The largest absolute Gasteiger partial charge is 0.372 e. The van der Waals surface area contributed by atoms with E-state index in [9.17, 15) is 4.79 Å². The number of likely N-dealkylation sites (tertiary alicyclic amines) is 1. The fraction of sp³-hybridized carbons (Fsp3) is 0.500. The number of ketones is 1. The van der Waals surface area contributed by atoms with Crippen molar-refractivity contribution in [1.29, 1.82) is 0 Å². The molecule has 0 N–H and O–H groups in total. The minimum Gasteiger partial charge on any atom is -0.372 e. The fourth-order valence-electron chi connectivity index (χ4n) is 2.76. The lowest BCUT2D eigenvalue weighted by Crippen LogP contribution is -2.44. The van der Waals surface area contributed by atoms with Gasteiger partial charge >= 0.3 is 0 Å². The monoisotopic (exact) mass is 309 g/mol. The van der Waals surface area contributed by atoms with Crippen LogP contribution in [0.2, 0.25) is 0 Å². The van der Waals surface area contributed by atoms with Gasteiger partial charge in [-0.25, -0.2) is 0 Å². The van der Waals surface area contributed by atoms with E-state index in [2.05, 4.69) is 20.8 Å². The van der Waals surface area contributed by atoms with Crippen molar-refractivity contribution in [3.05, 3.63) is 34.3 Å².